The number of hydrogen-bond donors (Lipinski definition) is 1. The second kappa shape index (κ2) is 7.86. The zero-order chi connectivity index (χ0) is 19.6. The Labute approximate surface area is 155 Å². The number of amides is 1. The summed E-state index contributed by atoms with van der Waals surface area (Å²) in [5.41, 5.74) is 0.0220. The van der Waals surface area contributed by atoms with Crippen LogP contribution < -0.4 is 10.1 Å². The second-order valence-corrected chi connectivity index (χ2v) is 5.81. The van der Waals surface area contributed by atoms with E-state index in [0.717, 1.165) is 12.3 Å². The van der Waals surface area contributed by atoms with E-state index < -0.39 is 37.7 Å². The molecule has 2 aliphatic rings. The smallest absolute Gasteiger partial charge is 0.388 e. The summed E-state index contributed by atoms with van der Waals surface area (Å²) < 4.78 is 53.8. The number of hydrazone groups is 1. The average Bonchev–Trinajstić information content (AvgIpc) is 3.17. The van der Waals surface area contributed by atoms with Crippen molar-refractivity contribution in [1.82, 2.24) is 25.1 Å². The Hall–Kier alpha value is -2.76. The predicted molar refractivity (Wildman–Crippen MR) is 86.0 cm³/mol. The van der Waals surface area contributed by atoms with Gasteiger partial charge in [0.1, 0.15) is 17.9 Å². The molecule has 1 aromatic heterocycles. The molecule has 1 atom stereocenters. The molecule has 13 heteroatoms. The van der Waals surface area contributed by atoms with E-state index in [9.17, 15) is 22.4 Å². The zero-order valence-corrected chi connectivity index (χ0v) is 14.2. The van der Waals surface area contributed by atoms with E-state index in [2.05, 4.69) is 20.1 Å². The monoisotopic (exact) mass is 408 g/mol. The third-order valence-electron chi connectivity index (χ3n) is 3.61. The average molecular weight is 409 g/mol. The van der Waals surface area contributed by atoms with Gasteiger partial charge in [-0.3, -0.25) is 9.69 Å². The number of rotatable bonds is 7. The molecule has 0 saturated heterocycles. The van der Waals surface area contributed by atoms with Gasteiger partial charge in [0.05, 0.1) is 12.2 Å². The lowest BCUT2D eigenvalue weighted by Crippen LogP contribution is -2.49. The first-order valence-corrected chi connectivity index (χ1v) is 7.92. The Balaban J connectivity index is 1.59. The van der Waals surface area contributed by atoms with E-state index in [-0.39, 0.29) is 17.3 Å². The molecule has 0 spiro atoms. The molecule has 3 rings (SSSR count). The van der Waals surface area contributed by atoms with Crippen LogP contribution in [-0.2, 0) is 0 Å². The number of pyridine rings is 1. The number of alkyl halides is 4. The minimum atomic E-state index is -3.09. The van der Waals surface area contributed by atoms with E-state index in [4.69, 9.17) is 11.6 Å². The van der Waals surface area contributed by atoms with Gasteiger partial charge in [0.15, 0.2) is 0 Å². The summed E-state index contributed by atoms with van der Waals surface area (Å²) in [4.78, 5) is 19.0. The van der Waals surface area contributed by atoms with Crippen molar-refractivity contribution >= 4 is 23.8 Å². The number of carbonyl (C=O) groups excluding carboxylic acids is 1. The third kappa shape index (κ3) is 4.32. The molecule has 1 unspecified atom stereocenters. The molecule has 0 fully saturated rings. The minimum absolute atomic E-state index is 0.0213. The van der Waals surface area contributed by atoms with Crippen LogP contribution in [0.15, 0.2) is 29.8 Å². The fraction of sp³-hybridized carbons (Fsp3) is 0.357. The maximum Gasteiger partial charge on any atom is 0.388 e. The summed E-state index contributed by atoms with van der Waals surface area (Å²) in [7, 11) is 0. The Kier molecular flexibility index (Phi) is 5.54. The molecule has 0 radical (unpaired) electrons. The first-order valence-electron chi connectivity index (χ1n) is 7.54. The van der Waals surface area contributed by atoms with Crippen molar-refractivity contribution in [3.8, 4) is 5.88 Å². The molecular formula is C14H13ClF4N6O2. The summed E-state index contributed by atoms with van der Waals surface area (Å²) in [5.74, 6) is -1.08. The summed E-state index contributed by atoms with van der Waals surface area (Å²) >= 11 is 5.76. The van der Waals surface area contributed by atoms with Crippen LogP contribution in [0.3, 0.4) is 0 Å². The standard InChI is InChI=1S/C14H13ClF4N6O2/c15-9-3-8(4-20-12(9)27-13(18)19)11(26)21-6-23-1-2-24-7-22-25(14(23)24)5-10(16)17/h1-4,7,10,13-14H,5-6H2,(H,21,26). The first-order chi connectivity index (χ1) is 12.8. The Morgan fingerprint density at radius 3 is 2.78 bits per heavy atom. The number of nitrogens with zero attached hydrogens (tertiary/aromatic N) is 5. The van der Waals surface area contributed by atoms with Gasteiger partial charge in [-0.1, -0.05) is 11.6 Å². The van der Waals surface area contributed by atoms with Gasteiger partial charge in [-0.05, 0) is 6.07 Å². The highest BCUT2D eigenvalue weighted by Crippen LogP contribution is 2.25. The largest absolute Gasteiger partial charge is 0.415 e. The highest BCUT2D eigenvalue weighted by molar-refractivity contribution is 6.32. The minimum Gasteiger partial charge on any atom is -0.415 e. The number of aromatic nitrogens is 1. The van der Waals surface area contributed by atoms with E-state index in [1.165, 1.54) is 11.3 Å². The fourth-order valence-electron chi connectivity index (χ4n) is 2.50. The Morgan fingerprint density at radius 1 is 1.33 bits per heavy atom. The molecule has 0 aromatic carbocycles. The van der Waals surface area contributed by atoms with Gasteiger partial charge in [0.2, 0.25) is 12.2 Å². The topological polar surface area (TPSA) is 73.3 Å². The van der Waals surface area contributed by atoms with Crippen LogP contribution in [0.4, 0.5) is 17.6 Å². The van der Waals surface area contributed by atoms with Gasteiger partial charge in [0, 0.05) is 18.6 Å². The number of nitrogens with one attached hydrogen (secondary N) is 1. The molecular weight excluding hydrogens is 396 g/mol. The summed E-state index contributed by atoms with van der Waals surface area (Å²) in [6.45, 7) is -3.68. The van der Waals surface area contributed by atoms with Crippen molar-refractivity contribution in [2.24, 2.45) is 5.10 Å². The molecule has 3 heterocycles. The van der Waals surface area contributed by atoms with Gasteiger partial charge < -0.3 is 15.0 Å². The van der Waals surface area contributed by atoms with Crippen molar-refractivity contribution in [2.45, 2.75) is 19.3 Å². The molecule has 1 amide bonds. The van der Waals surface area contributed by atoms with Gasteiger partial charge >= 0.3 is 6.61 Å². The zero-order valence-electron chi connectivity index (χ0n) is 13.5. The quantitative estimate of drug-likeness (QED) is 0.695. The van der Waals surface area contributed by atoms with Gasteiger partial charge in [-0.2, -0.15) is 13.9 Å². The lowest BCUT2D eigenvalue weighted by Gasteiger charge is -2.32. The predicted octanol–water partition coefficient (Wildman–Crippen LogP) is 1.92. The van der Waals surface area contributed by atoms with Crippen LogP contribution in [0, 0.1) is 0 Å². The van der Waals surface area contributed by atoms with Gasteiger partial charge in [-0.25, -0.2) is 18.8 Å². The summed E-state index contributed by atoms with van der Waals surface area (Å²) in [6, 6.07) is 1.13. The number of carbonyl (C=O) groups is 1. The third-order valence-corrected chi connectivity index (χ3v) is 3.88. The molecule has 2 aliphatic heterocycles. The van der Waals surface area contributed by atoms with Crippen molar-refractivity contribution < 1.29 is 27.1 Å². The number of fused-ring (bicyclic) bond motifs is 1. The highest BCUT2D eigenvalue weighted by atomic mass is 35.5. The molecule has 8 nitrogen and oxygen atoms in total. The van der Waals surface area contributed by atoms with Crippen LogP contribution >= 0.6 is 11.6 Å². The van der Waals surface area contributed by atoms with Crippen LogP contribution in [-0.4, -0.2) is 64.6 Å². The summed E-state index contributed by atoms with van der Waals surface area (Å²) in [5, 5.41) is 7.39. The Morgan fingerprint density at radius 2 is 2.11 bits per heavy atom. The molecule has 1 aromatic rings. The van der Waals surface area contributed by atoms with Gasteiger partial charge in [0.25, 0.3) is 12.3 Å². The number of hydrogen-bond acceptors (Lipinski definition) is 7. The van der Waals surface area contributed by atoms with Crippen LogP contribution in [0.25, 0.3) is 0 Å². The first kappa shape index (κ1) is 19.0. The van der Waals surface area contributed by atoms with E-state index in [1.807, 2.05) is 0 Å². The SMILES string of the molecule is O=C(NCN1C=CN2C=NN(CC(F)F)C21)c1cnc(OC(F)F)c(Cl)c1. The van der Waals surface area contributed by atoms with E-state index in [0.29, 0.717) is 0 Å². The maximum atomic E-state index is 12.6. The second-order valence-electron chi connectivity index (χ2n) is 5.40. The van der Waals surface area contributed by atoms with E-state index >= 15 is 0 Å². The van der Waals surface area contributed by atoms with E-state index in [1.54, 1.807) is 22.2 Å². The van der Waals surface area contributed by atoms with Crippen LogP contribution in [0.2, 0.25) is 5.02 Å². The number of ether oxygens (including phenoxy) is 1. The normalized spacial score (nSPS) is 18.0. The molecule has 0 bridgehead atoms. The van der Waals surface area contributed by atoms with Crippen LogP contribution in [0.5, 0.6) is 5.88 Å². The molecule has 0 saturated carbocycles. The van der Waals surface area contributed by atoms with Crippen molar-refractivity contribution in [3.05, 3.63) is 35.2 Å². The Bertz CT molecular complexity index is 765. The van der Waals surface area contributed by atoms with Crippen LogP contribution in [0.1, 0.15) is 10.4 Å². The van der Waals surface area contributed by atoms with Gasteiger partial charge in [-0.15, -0.1) is 0 Å². The molecule has 146 valence electrons. The lowest BCUT2D eigenvalue weighted by atomic mass is 10.2. The molecule has 0 aliphatic carbocycles. The molecule has 27 heavy (non-hydrogen) atoms. The number of halogens is 5. The highest BCUT2D eigenvalue weighted by Gasteiger charge is 2.36. The molecule has 1 N–H and O–H groups in total. The summed E-state index contributed by atoms with van der Waals surface area (Å²) in [6.07, 6.45) is 2.49. The fourth-order valence-corrected chi connectivity index (χ4v) is 2.71. The van der Waals surface area contributed by atoms with Crippen molar-refractivity contribution in [3.63, 3.8) is 0 Å². The van der Waals surface area contributed by atoms with Crippen molar-refractivity contribution in [1.29, 1.82) is 0 Å². The van der Waals surface area contributed by atoms with Crippen molar-refractivity contribution in [2.75, 3.05) is 13.2 Å². The maximum absolute atomic E-state index is 12.6. The lowest BCUT2D eigenvalue weighted by molar-refractivity contribution is -0.0527.